The van der Waals surface area contributed by atoms with Crippen LogP contribution in [0.25, 0.3) is 9.75 Å². The Morgan fingerprint density at radius 1 is 0.810 bits per heavy atom. The van der Waals surface area contributed by atoms with Gasteiger partial charge >= 0.3 is 0 Å². The molecule has 2 aliphatic rings. The molecule has 1 fully saturated rings. The second kappa shape index (κ2) is 4.31. The number of benzene rings is 1. The predicted molar refractivity (Wildman–Crippen MR) is 91.3 cm³/mol. The van der Waals surface area contributed by atoms with Crippen molar-refractivity contribution in [2.75, 3.05) is 0 Å². The largest absolute Gasteiger partial charge is 0.143 e. The van der Waals surface area contributed by atoms with E-state index >= 15 is 0 Å². The van der Waals surface area contributed by atoms with Crippen LogP contribution in [0.2, 0.25) is 0 Å². The molecule has 0 atom stereocenters. The van der Waals surface area contributed by atoms with Gasteiger partial charge in [-0.05, 0) is 58.3 Å². The Kier molecular flexibility index (Phi) is 2.50. The first-order chi connectivity index (χ1) is 10.4. The first-order valence-corrected chi connectivity index (χ1v) is 9.40. The smallest absolute Gasteiger partial charge is 0.0508 e. The van der Waals surface area contributed by atoms with E-state index in [1.807, 2.05) is 22.7 Å². The van der Waals surface area contributed by atoms with Gasteiger partial charge in [0.2, 0.25) is 0 Å². The number of fused-ring (bicyclic) bond motifs is 3. The normalized spacial score (nSPS) is 19.0. The Bertz CT molecular complexity index is 750. The third-order valence-electron chi connectivity index (χ3n) is 5.33. The van der Waals surface area contributed by atoms with Crippen LogP contribution in [-0.2, 0) is 5.41 Å². The Morgan fingerprint density at radius 2 is 1.43 bits per heavy atom. The molecule has 0 bridgehead atoms. The summed E-state index contributed by atoms with van der Waals surface area (Å²) >= 11 is 3.84. The van der Waals surface area contributed by atoms with Gasteiger partial charge in [0.15, 0.2) is 0 Å². The van der Waals surface area contributed by atoms with Crippen LogP contribution in [0.5, 0.6) is 0 Å². The summed E-state index contributed by atoms with van der Waals surface area (Å²) in [6.07, 6.45) is 4.11. The zero-order valence-corrected chi connectivity index (χ0v) is 13.3. The van der Waals surface area contributed by atoms with E-state index in [1.54, 1.807) is 11.1 Å². The van der Waals surface area contributed by atoms with Gasteiger partial charge in [0, 0.05) is 9.75 Å². The molecule has 0 aliphatic heterocycles. The lowest BCUT2D eigenvalue weighted by molar-refractivity contribution is 0.231. The maximum atomic E-state index is 2.39. The zero-order chi connectivity index (χ0) is 13.9. The molecular weight excluding hydrogens is 292 g/mol. The molecule has 0 saturated heterocycles. The molecule has 0 N–H and O–H groups in total. The van der Waals surface area contributed by atoms with Crippen molar-refractivity contribution in [2.24, 2.45) is 5.92 Å². The van der Waals surface area contributed by atoms with Gasteiger partial charge < -0.3 is 0 Å². The van der Waals surface area contributed by atoms with E-state index in [0.717, 1.165) is 5.92 Å². The molecule has 0 amide bonds. The average Bonchev–Trinajstić information content (AvgIpc) is 3.14. The molecule has 1 saturated carbocycles. The fourth-order valence-corrected chi connectivity index (χ4v) is 6.38. The van der Waals surface area contributed by atoms with Crippen LogP contribution in [0.3, 0.4) is 0 Å². The summed E-state index contributed by atoms with van der Waals surface area (Å²) in [6.45, 7) is 0. The summed E-state index contributed by atoms with van der Waals surface area (Å²) in [5, 5.41) is 4.56. The number of hydrogen-bond acceptors (Lipinski definition) is 2. The van der Waals surface area contributed by atoms with E-state index in [0.29, 0.717) is 0 Å². The monoisotopic (exact) mass is 308 g/mol. The first-order valence-electron chi connectivity index (χ1n) is 7.64. The van der Waals surface area contributed by atoms with Crippen molar-refractivity contribution < 1.29 is 0 Å². The molecule has 5 rings (SSSR count). The van der Waals surface area contributed by atoms with Crippen LogP contribution in [0.4, 0.5) is 0 Å². The average molecular weight is 308 g/mol. The minimum absolute atomic E-state index is 0.129. The molecule has 2 heteroatoms. The molecule has 0 nitrogen and oxygen atoms in total. The van der Waals surface area contributed by atoms with Crippen LogP contribution in [-0.4, -0.2) is 0 Å². The van der Waals surface area contributed by atoms with E-state index in [1.165, 1.54) is 34.6 Å². The SMILES string of the molecule is c1ccc(C2(C3CCC3)c3ccsc3-c3sccc32)cc1. The van der Waals surface area contributed by atoms with Gasteiger partial charge in [0.05, 0.1) is 5.41 Å². The second-order valence-corrected chi connectivity index (χ2v) is 7.96. The van der Waals surface area contributed by atoms with Gasteiger partial charge in [-0.2, -0.15) is 0 Å². The molecule has 0 radical (unpaired) electrons. The summed E-state index contributed by atoms with van der Waals surface area (Å²) in [5.74, 6) is 0.768. The van der Waals surface area contributed by atoms with Gasteiger partial charge in [-0.15, -0.1) is 22.7 Å². The predicted octanol–water partition coefficient (Wildman–Crippen LogP) is 5.92. The van der Waals surface area contributed by atoms with Crippen molar-refractivity contribution in [1.29, 1.82) is 0 Å². The van der Waals surface area contributed by atoms with Crippen LogP contribution in [0.15, 0.2) is 53.2 Å². The maximum Gasteiger partial charge on any atom is 0.0508 e. The van der Waals surface area contributed by atoms with E-state index in [4.69, 9.17) is 0 Å². The van der Waals surface area contributed by atoms with Crippen molar-refractivity contribution in [3.05, 3.63) is 69.9 Å². The van der Waals surface area contributed by atoms with Gasteiger partial charge in [0.1, 0.15) is 0 Å². The highest BCUT2D eigenvalue weighted by Gasteiger charge is 2.52. The highest BCUT2D eigenvalue weighted by atomic mass is 32.1. The van der Waals surface area contributed by atoms with Crippen molar-refractivity contribution in [1.82, 2.24) is 0 Å². The van der Waals surface area contributed by atoms with Crippen LogP contribution in [0, 0.1) is 5.92 Å². The summed E-state index contributed by atoms with van der Waals surface area (Å²) < 4.78 is 0. The van der Waals surface area contributed by atoms with Gasteiger partial charge in [0.25, 0.3) is 0 Å². The highest BCUT2D eigenvalue weighted by Crippen LogP contribution is 2.62. The van der Waals surface area contributed by atoms with E-state index in [2.05, 4.69) is 53.2 Å². The third kappa shape index (κ3) is 1.40. The zero-order valence-electron chi connectivity index (χ0n) is 11.7. The number of thiophene rings is 2. The standard InChI is InChI=1S/C19H16S2/c1-2-5-13(6-3-1)19(14-7-4-8-14)15-9-11-20-17(15)18-16(19)10-12-21-18/h1-3,5-6,9-12,14H,4,7-8H2. The van der Waals surface area contributed by atoms with Crippen molar-refractivity contribution >= 4 is 22.7 Å². The van der Waals surface area contributed by atoms with E-state index < -0.39 is 0 Å². The molecular formula is C19H16S2. The highest BCUT2D eigenvalue weighted by molar-refractivity contribution is 7.21. The van der Waals surface area contributed by atoms with Gasteiger partial charge in [-0.1, -0.05) is 36.8 Å². The molecule has 0 unspecified atom stereocenters. The van der Waals surface area contributed by atoms with E-state index in [9.17, 15) is 0 Å². The molecule has 104 valence electrons. The Balaban J connectivity index is 1.88. The fraction of sp³-hybridized carbons (Fsp3) is 0.263. The minimum atomic E-state index is 0.129. The first kappa shape index (κ1) is 12.2. The molecule has 21 heavy (non-hydrogen) atoms. The van der Waals surface area contributed by atoms with Crippen molar-refractivity contribution in [3.8, 4) is 9.75 Å². The van der Waals surface area contributed by atoms with Crippen LogP contribution in [0.1, 0.15) is 36.0 Å². The lowest BCUT2D eigenvalue weighted by Crippen LogP contribution is -2.39. The Morgan fingerprint density at radius 3 is 1.95 bits per heavy atom. The summed E-state index contributed by atoms with van der Waals surface area (Å²) in [5.41, 5.74) is 4.77. The third-order valence-corrected chi connectivity index (χ3v) is 7.33. The van der Waals surface area contributed by atoms with Crippen LogP contribution < -0.4 is 0 Å². The van der Waals surface area contributed by atoms with Gasteiger partial charge in [-0.25, -0.2) is 0 Å². The summed E-state index contributed by atoms with van der Waals surface area (Å²) in [7, 11) is 0. The second-order valence-electron chi connectivity index (χ2n) is 6.13. The van der Waals surface area contributed by atoms with E-state index in [-0.39, 0.29) is 5.41 Å². The molecule has 3 aromatic rings. The molecule has 2 aromatic heterocycles. The minimum Gasteiger partial charge on any atom is -0.143 e. The number of hydrogen-bond donors (Lipinski definition) is 0. The Labute approximate surface area is 133 Å². The lowest BCUT2D eigenvalue weighted by atomic mass is 9.58. The lowest BCUT2D eigenvalue weighted by Gasteiger charge is -2.44. The summed E-state index contributed by atoms with van der Waals surface area (Å²) in [6, 6.07) is 16.0. The molecule has 2 aliphatic carbocycles. The fourth-order valence-electron chi connectivity index (χ4n) is 4.27. The molecule has 0 spiro atoms. The van der Waals surface area contributed by atoms with Crippen molar-refractivity contribution in [3.63, 3.8) is 0 Å². The Hall–Kier alpha value is -1.38. The molecule has 2 heterocycles. The van der Waals surface area contributed by atoms with Crippen LogP contribution >= 0.6 is 22.7 Å². The number of rotatable bonds is 2. The topological polar surface area (TPSA) is 0 Å². The maximum absolute atomic E-state index is 2.39. The van der Waals surface area contributed by atoms with Crippen molar-refractivity contribution in [2.45, 2.75) is 24.7 Å². The quantitative estimate of drug-likeness (QED) is 0.551. The summed E-state index contributed by atoms with van der Waals surface area (Å²) in [4.78, 5) is 3.05. The molecule has 1 aromatic carbocycles. The van der Waals surface area contributed by atoms with Gasteiger partial charge in [-0.3, -0.25) is 0 Å².